The standard InChI is InChI=1S/C13H25NO4/c1-9(11(15)16)7-6-8-10(2)14-12(17)13(3,4)18-5/h9-10H,6-8H2,1-5H3,(H,14,17)(H,15,16). The van der Waals surface area contributed by atoms with Crippen LogP contribution in [0.2, 0.25) is 0 Å². The first-order chi connectivity index (χ1) is 8.20. The van der Waals surface area contributed by atoms with E-state index in [1.165, 1.54) is 7.11 Å². The van der Waals surface area contributed by atoms with Crippen LogP contribution in [0.3, 0.4) is 0 Å². The Kier molecular flexibility index (Phi) is 6.91. The van der Waals surface area contributed by atoms with E-state index in [1.807, 2.05) is 6.92 Å². The fourth-order valence-electron chi connectivity index (χ4n) is 1.42. The molecule has 0 aromatic rings. The van der Waals surface area contributed by atoms with Crippen molar-refractivity contribution >= 4 is 11.9 Å². The van der Waals surface area contributed by atoms with Crippen molar-refractivity contribution in [3.63, 3.8) is 0 Å². The average Bonchev–Trinajstić information content (AvgIpc) is 2.28. The van der Waals surface area contributed by atoms with E-state index in [9.17, 15) is 9.59 Å². The van der Waals surface area contributed by atoms with Crippen LogP contribution in [0.25, 0.3) is 0 Å². The molecular weight excluding hydrogens is 234 g/mol. The summed E-state index contributed by atoms with van der Waals surface area (Å²) >= 11 is 0. The molecule has 0 aromatic carbocycles. The van der Waals surface area contributed by atoms with Crippen LogP contribution < -0.4 is 5.32 Å². The summed E-state index contributed by atoms with van der Waals surface area (Å²) in [7, 11) is 1.50. The van der Waals surface area contributed by atoms with E-state index in [4.69, 9.17) is 9.84 Å². The number of hydrogen-bond donors (Lipinski definition) is 2. The van der Waals surface area contributed by atoms with E-state index in [2.05, 4.69) is 5.32 Å². The van der Waals surface area contributed by atoms with Gasteiger partial charge in [0, 0.05) is 13.2 Å². The van der Waals surface area contributed by atoms with Crippen LogP contribution in [0.4, 0.5) is 0 Å². The summed E-state index contributed by atoms with van der Waals surface area (Å²) in [5.74, 6) is -1.25. The molecule has 2 atom stereocenters. The first-order valence-electron chi connectivity index (χ1n) is 6.29. The van der Waals surface area contributed by atoms with Crippen molar-refractivity contribution in [3.8, 4) is 0 Å². The number of rotatable bonds is 8. The van der Waals surface area contributed by atoms with E-state index in [-0.39, 0.29) is 17.9 Å². The quantitative estimate of drug-likeness (QED) is 0.697. The lowest BCUT2D eigenvalue weighted by atomic mass is 10.0. The van der Waals surface area contributed by atoms with E-state index in [1.54, 1.807) is 20.8 Å². The molecule has 0 radical (unpaired) electrons. The third-order valence-corrected chi connectivity index (χ3v) is 3.13. The van der Waals surface area contributed by atoms with Crippen molar-refractivity contribution in [1.29, 1.82) is 0 Å². The van der Waals surface area contributed by atoms with Gasteiger partial charge < -0.3 is 15.2 Å². The number of methoxy groups -OCH3 is 1. The maximum atomic E-state index is 11.8. The largest absolute Gasteiger partial charge is 0.481 e. The molecule has 2 unspecified atom stereocenters. The molecule has 0 spiro atoms. The summed E-state index contributed by atoms with van der Waals surface area (Å²) in [6.07, 6.45) is 2.18. The normalized spacial score (nSPS) is 14.9. The molecule has 106 valence electrons. The van der Waals surface area contributed by atoms with Crippen LogP contribution in [-0.4, -0.2) is 35.7 Å². The van der Waals surface area contributed by atoms with Gasteiger partial charge in [0.25, 0.3) is 5.91 Å². The van der Waals surface area contributed by atoms with E-state index >= 15 is 0 Å². The van der Waals surface area contributed by atoms with Gasteiger partial charge in [0.05, 0.1) is 5.92 Å². The highest BCUT2D eigenvalue weighted by atomic mass is 16.5. The van der Waals surface area contributed by atoms with Gasteiger partial charge in [-0.15, -0.1) is 0 Å². The van der Waals surface area contributed by atoms with Crippen LogP contribution >= 0.6 is 0 Å². The summed E-state index contributed by atoms with van der Waals surface area (Å²) in [5, 5.41) is 11.6. The molecule has 0 aliphatic heterocycles. The van der Waals surface area contributed by atoms with Crippen molar-refractivity contribution in [2.45, 2.75) is 58.6 Å². The molecule has 0 aliphatic rings. The number of carboxylic acid groups (broad SMARTS) is 1. The van der Waals surface area contributed by atoms with Crippen molar-refractivity contribution < 1.29 is 19.4 Å². The third-order valence-electron chi connectivity index (χ3n) is 3.13. The zero-order valence-electron chi connectivity index (χ0n) is 11.9. The van der Waals surface area contributed by atoms with Crippen molar-refractivity contribution in [2.75, 3.05) is 7.11 Å². The minimum absolute atomic E-state index is 0.0212. The van der Waals surface area contributed by atoms with Crippen molar-refractivity contribution in [1.82, 2.24) is 5.32 Å². The van der Waals surface area contributed by atoms with E-state index in [0.717, 1.165) is 12.8 Å². The van der Waals surface area contributed by atoms with Crippen LogP contribution in [0, 0.1) is 5.92 Å². The van der Waals surface area contributed by atoms with Gasteiger partial charge in [-0.1, -0.05) is 13.3 Å². The summed E-state index contributed by atoms with van der Waals surface area (Å²) in [4.78, 5) is 22.4. The molecule has 18 heavy (non-hydrogen) atoms. The average molecular weight is 259 g/mol. The summed E-state index contributed by atoms with van der Waals surface area (Å²) < 4.78 is 5.08. The number of hydrogen-bond acceptors (Lipinski definition) is 3. The molecule has 5 heteroatoms. The maximum Gasteiger partial charge on any atom is 0.306 e. The van der Waals surface area contributed by atoms with Gasteiger partial charge in [-0.3, -0.25) is 9.59 Å². The Bertz CT molecular complexity index is 289. The SMILES string of the molecule is COC(C)(C)C(=O)NC(C)CCCC(C)C(=O)O. The molecule has 0 bridgehead atoms. The number of carbonyl (C=O) groups is 2. The predicted molar refractivity (Wildman–Crippen MR) is 69.3 cm³/mol. The second-order valence-electron chi connectivity index (χ2n) is 5.26. The Morgan fingerprint density at radius 2 is 1.83 bits per heavy atom. The van der Waals surface area contributed by atoms with Gasteiger partial charge in [0.15, 0.2) is 0 Å². The van der Waals surface area contributed by atoms with E-state index in [0.29, 0.717) is 6.42 Å². The van der Waals surface area contributed by atoms with Crippen LogP contribution in [-0.2, 0) is 14.3 Å². The highest BCUT2D eigenvalue weighted by molar-refractivity contribution is 5.84. The molecule has 5 nitrogen and oxygen atoms in total. The van der Waals surface area contributed by atoms with Crippen LogP contribution in [0.15, 0.2) is 0 Å². The van der Waals surface area contributed by atoms with E-state index < -0.39 is 11.6 Å². The summed E-state index contributed by atoms with van der Waals surface area (Å²) in [6.45, 7) is 7.03. The highest BCUT2D eigenvalue weighted by Gasteiger charge is 2.27. The summed E-state index contributed by atoms with van der Waals surface area (Å²) in [5.41, 5.74) is -0.831. The molecule has 0 rings (SSSR count). The molecule has 0 aliphatic carbocycles. The van der Waals surface area contributed by atoms with Crippen molar-refractivity contribution in [2.24, 2.45) is 5.92 Å². The molecule has 0 heterocycles. The van der Waals surface area contributed by atoms with Gasteiger partial charge in [0.1, 0.15) is 5.60 Å². The number of aliphatic carboxylic acids is 1. The smallest absolute Gasteiger partial charge is 0.306 e. The monoisotopic (exact) mass is 259 g/mol. The first-order valence-corrected chi connectivity index (χ1v) is 6.29. The maximum absolute atomic E-state index is 11.8. The zero-order chi connectivity index (χ0) is 14.3. The number of ether oxygens (including phenoxy) is 1. The lowest BCUT2D eigenvalue weighted by Gasteiger charge is -2.24. The Morgan fingerprint density at radius 3 is 2.28 bits per heavy atom. The first kappa shape index (κ1) is 16.9. The molecule has 0 saturated heterocycles. The predicted octanol–water partition coefficient (Wildman–Crippen LogP) is 1.81. The Balaban J connectivity index is 3.95. The molecule has 2 N–H and O–H groups in total. The third kappa shape index (κ3) is 6.00. The van der Waals surface area contributed by atoms with Gasteiger partial charge in [-0.25, -0.2) is 0 Å². The zero-order valence-corrected chi connectivity index (χ0v) is 11.9. The lowest BCUT2D eigenvalue weighted by molar-refractivity contribution is -0.142. The second kappa shape index (κ2) is 7.36. The molecular formula is C13H25NO4. The number of carboxylic acids is 1. The summed E-state index contributed by atoms with van der Waals surface area (Å²) in [6, 6.07) is 0.0212. The Hall–Kier alpha value is -1.10. The Morgan fingerprint density at radius 1 is 1.28 bits per heavy atom. The molecule has 0 fully saturated rings. The van der Waals surface area contributed by atoms with Gasteiger partial charge >= 0.3 is 5.97 Å². The molecule has 0 aromatic heterocycles. The number of carbonyl (C=O) groups excluding carboxylic acids is 1. The van der Waals surface area contributed by atoms with Crippen LogP contribution in [0.5, 0.6) is 0 Å². The molecule has 1 amide bonds. The van der Waals surface area contributed by atoms with Gasteiger partial charge in [-0.2, -0.15) is 0 Å². The minimum Gasteiger partial charge on any atom is -0.481 e. The Labute approximate surface area is 109 Å². The topological polar surface area (TPSA) is 75.6 Å². The van der Waals surface area contributed by atoms with Gasteiger partial charge in [0.2, 0.25) is 0 Å². The molecule has 0 saturated carbocycles. The van der Waals surface area contributed by atoms with Crippen LogP contribution in [0.1, 0.15) is 47.0 Å². The highest BCUT2D eigenvalue weighted by Crippen LogP contribution is 2.11. The number of amides is 1. The van der Waals surface area contributed by atoms with Crippen molar-refractivity contribution in [3.05, 3.63) is 0 Å². The van der Waals surface area contributed by atoms with Gasteiger partial charge in [-0.05, 0) is 33.6 Å². The fraction of sp³-hybridized carbons (Fsp3) is 0.846. The second-order valence-corrected chi connectivity index (χ2v) is 5.26. The lowest BCUT2D eigenvalue weighted by Crippen LogP contribution is -2.47. The minimum atomic E-state index is -0.831. The fourth-order valence-corrected chi connectivity index (χ4v) is 1.42. The number of nitrogens with one attached hydrogen (secondary N) is 1.